The molecule has 0 saturated heterocycles. The summed E-state index contributed by atoms with van der Waals surface area (Å²) < 4.78 is 26.4. The smallest absolute Gasteiger partial charge is 0.0927 e. The summed E-state index contributed by atoms with van der Waals surface area (Å²) in [5, 5.41) is 0. The average molecular weight is 187 g/mol. The van der Waals surface area contributed by atoms with Crippen molar-refractivity contribution in [1.29, 1.82) is 0 Å². The lowest BCUT2D eigenvalue weighted by atomic mass is 10.1. The van der Waals surface area contributed by atoms with Gasteiger partial charge in [-0.2, -0.15) is 0 Å². The van der Waals surface area contributed by atoms with Gasteiger partial charge < -0.3 is 9.29 Å². The minimum Gasteiger partial charge on any atom is -0.769 e. The summed E-state index contributed by atoms with van der Waals surface area (Å²) in [5.41, 5.74) is 0.975. The molecule has 0 N–H and O–H groups in total. The van der Waals surface area contributed by atoms with Gasteiger partial charge in [-0.1, -0.05) is 11.6 Å². The fourth-order valence-corrected chi connectivity index (χ4v) is 1.84. The molecule has 0 spiro atoms. The number of hydrogen-bond donors (Lipinski definition) is 0. The van der Waals surface area contributed by atoms with E-state index in [-0.39, 0.29) is 6.10 Å². The predicted molar refractivity (Wildman–Crippen MR) is 46.2 cm³/mol. The molecule has 0 radical (unpaired) electrons. The van der Waals surface area contributed by atoms with Crippen molar-refractivity contribution in [2.24, 2.45) is 0 Å². The molecule has 0 amide bonds. The number of hydrogen-bond acceptors (Lipinski definition) is 3. The second kappa shape index (κ2) is 3.98. The van der Waals surface area contributed by atoms with Crippen LogP contribution in [0.2, 0.25) is 0 Å². The van der Waals surface area contributed by atoms with E-state index in [0.29, 0.717) is 11.3 Å². The maximum atomic E-state index is 10.7. The molecule has 1 rings (SSSR count). The summed E-state index contributed by atoms with van der Waals surface area (Å²) in [5.74, 6) is 0. The highest BCUT2D eigenvalue weighted by atomic mass is 32.2. The number of methoxy groups -OCH3 is 1. The first-order chi connectivity index (χ1) is 5.65. The molecule has 0 fully saturated rings. The zero-order valence-electron chi connectivity index (χ0n) is 7.07. The van der Waals surface area contributed by atoms with Gasteiger partial charge in [-0.3, -0.25) is 4.21 Å². The van der Waals surface area contributed by atoms with Gasteiger partial charge in [0.2, 0.25) is 0 Å². The third-order valence-corrected chi connectivity index (χ3v) is 2.58. The summed E-state index contributed by atoms with van der Waals surface area (Å²) >= 11 is -2.16. The Morgan fingerprint density at radius 2 is 2.42 bits per heavy atom. The van der Waals surface area contributed by atoms with Crippen molar-refractivity contribution in [3.05, 3.63) is 22.6 Å². The van der Waals surface area contributed by atoms with E-state index in [1.54, 1.807) is 6.08 Å². The van der Waals surface area contributed by atoms with E-state index in [0.717, 1.165) is 5.57 Å². The Bertz CT molecular complexity index is 255. The van der Waals surface area contributed by atoms with E-state index in [4.69, 9.17) is 4.74 Å². The van der Waals surface area contributed by atoms with E-state index in [2.05, 4.69) is 0 Å². The monoisotopic (exact) mass is 187 g/mol. The number of rotatable bonds is 2. The molecule has 4 heteroatoms. The van der Waals surface area contributed by atoms with E-state index >= 15 is 0 Å². The molecule has 0 aromatic rings. The molecule has 12 heavy (non-hydrogen) atoms. The van der Waals surface area contributed by atoms with E-state index in [1.165, 1.54) is 7.11 Å². The predicted octanol–water partition coefficient (Wildman–Crippen LogP) is 1.11. The highest BCUT2D eigenvalue weighted by Crippen LogP contribution is 2.21. The molecule has 1 aliphatic rings. The molecule has 0 bridgehead atoms. The molecule has 0 aromatic heterocycles. The van der Waals surface area contributed by atoms with Crippen molar-refractivity contribution in [3.8, 4) is 0 Å². The fraction of sp³-hybridized carbons (Fsp3) is 0.500. The Hall–Kier alpha value is -0.450. The largest absolute Gasteiger partial charge is 0.769 e. The molecule has 0 aliphatic heterocycles. The van der Waals surface area contributed by atoms with Gasteiger partial charge >= 0.3 is 0 Å². The second-order valence-corrected chi connectivity index (χ2v) is 3.63. The zero-order valence-corrected chi connectivity index (χ0v) is 7.89. The summed E-state index contributed by atoms with van der Waals surface area (Å²) in [6.07, 6.45) is 3.94. The summed E-state index contributed by atoms with van der Waals surface area (Å²) in [6, 6.07) is 0. The lowest BCUT2D eigenvalue weighted by Gasteiger charge is -2.23. The summed E-state index contributed by atoms with van der Waals surface area (Å²) in [4.78, 5) is 0.345. The molecular weight excluding hydrogens is 176 g/mol. The van der Waals surface area contributed by atoms with Crippen LogP contribution in [0.4, 0.5) is 0 Å². The molecule has 0 aromatic carbocycles. The van der Waals surface area contributed by atoms with Gasteiger partial charge in [-0.05, 0) is 30.5 Å². The van der Waals surface area contributed by atoms with Crippen LogP contribution >= 0.6 is 0 Å². The lowest BCUT2D eigenvalue weighted by molar-refractivity contribution is 0.138. The Kier molecular flexibility index (Phi) is 3.20. The second-order valence-electron chi connectivity index (χ2n) is 2.69. The van der Waals surface area contributed by atoms with E-state index < -0.39 is 11.1 Å². The lowest BCUT2D eigenvalue weighted by Crippen LogP contribution is -2.18. The third kappa shape index (κ3) is 2.03. The summed E-state index contributed by atoms with van der Waals surface area (Å²) in [6.45, 7) is 1.87. The minimum atomic E-state index is -2.16. The SMILES string of the molecule is COC1CC=C(C)C=C1S(=O)[O-]. The Labute approximate surface area is 74.4 Å². The molecule has 0 saturated carbocycles. The molecular formula is C8H11O3S-. The highest BCUT2D eigenvalue weighted by Gasteiger charge is 2.16. The first kappa shape index (κ1) is 9.64. The first-order valence-electron chi connectivity index (χ1n) is 3.65. The Morgan fingerprint density at radius 1 is 1.75 bits per heavy atom. The van der Waals surface area contributed by atoms with Crippen LogP contribution in [0.5, 0.6) is 0 Å². The third-order valence-electron chi connectivity index (χ3n) is 1.82. The van der Waals surface area contributed by atoms with Crippen molar-refractivity contribution >= 4 is 11.1 Å². The van der Waals surface area contributed by atoms with Crippen LogP contribution in [0.3, 0.4) is 0 Å². The standard InChI is InChI=1S/C8H12O3S/c1-6-3-4-7(11-2)8(5-6)12(9)10/h3,5,7H,4H2,1-2H3,(H,9,10)/p-1. The van der Waals surface area contributed by atoms with Crippen molar-refractivity contribution in [1.82, 2.24) is 0 Å². The van der Waals surface area contributed by atoms with Crippen LogP contribution in [0.1, 0.15) is 13.3 Å². The van der Waals surface area contributed by atoms with Crippen LogP contribution in [0, 0.1) is 0 Å². The average Bonchev–Trinajstić information content (AvgIpc) is 2.04. The number of ether oxygens (including phenoxy) is 1. The quantitative estimate of drug-likeness (QED) is 0.608. The van der Waals surface area contributed by atoms with Gasteiger partial charge in [0.1, 0.15) is 0 Å². The van der Waals surface area contributed by atoms with Crippen molar-refractivity contribution in [2.45, 2.75) is 19.4 Å². The van der Waals surface area contributed by atoms with Gasteiger partial charge in [-0.15, -0.1) is 0 Å². The maximum absolute atomic E-state index is 10.7. The van der Waals surface area contributed by atoms with Gasteiger partial charge in [-0.25, -0.2) is 0 Å². The van der Waals surface area contributed by atoms with E-state index in [9.17, 15) is 8.76 Å². The van der Waals surface area contributed by atoms with E-state index in [1.807, 2.05) is 13.0 Å². The molecule has 68 valence electrons. The van der Waals surface area contributed by atoms with Crippen LogP contribution in [-0.4, -0.2) is 22.0 Å². The van der Waals surface area contributed by atoms with Crippen LogP contribution in [-0.2, 0) is 15.8 Å². The molecule has 2 unspecified atom stereocenters. The topological polar surface area (TPSA) is 49.4 Å². The van der Waals surface area contributed by atoms with Gasteiger partial charge in [0.25, 0.3) is 0 Å². The summed E-state index contributed by atoms with van der Waals surface area (Å²) in [7, 11) is 1.51. The van der Waals surface area contributed by atoms with Crippen LogP contribution in [0.15, 0.2) is 22.6 Å². The minimum absolute atomic E-state index is 0.299. The van der Waals surface area contributed by atoms with Gasteiger partial charge in [0.05, 0.1) is 6.10 Å². The molecule has 0 heterocycles. The normalized spacial score (nSPS) is 26.1. The fourth-order valence-electron chi connectivity index (χ4n) is 1.15. The van der Waals surface area contributed by atoms with Crippen LogP contribution < -0.4 is 0 Å². The van der Waals surface area contributed by atoms with Crippen molar-refractivity contribution < 1.29 is 13.5 Å². The van der Waals surface area contributed by atoms with Gasteiger partial charge in [0.15, 0.2) is 0 Å². The van der Waals surface area contributed by atoms with Gasteiger partial charge in [0, 0.05) is 12.0 Å². The zero-order chi connectivity index (χ0) is 9.14. The van der Waals surface area contributed by atoms with Crippen molar-refractivity contribution in [2.75, 3.05) is 7.11 Å². The molecule has 2 atom stereocenters. The Balaban J connectivity index is 2.88. The number of allylic oxidation sites excluding steroid dienone is 2. The maximum Gasteiger partial charge on any atom is 0.0927 e. The van der Waals surface area contributed by atoms with Crippen LogP contribution in [0.25, 0.3) is 0 Å². The first-order valence-corrected chi connectivity index (χ1v) is 4.73. The Morgan fingerprint density at radius 3 is 2.92 bits per heavy atom. The molecule has 3 nitrogen and oxygen atoms in total. The highest BCUT2D eigenvalue weighted by molar-refractivity contribution is 7.83. The van der Waals surface area contributed by atoms with Crippen molar-refractivity contribution in [3.63, 3.8) is 0 Å². The molecule has 1 aliphatic carbocycles.